The molecule has 0 aromatic carbocycles. The van der Waals surface area contributed by atoms with Gasteiger partial charge in [0.15, 0.2) is 0 Å². The second-order valence-corrected chi connectivity index (χ2v) is 4.92. The molecule has 1 saturated carbocycles. The summed E-state index contributed by atoms with van der Waals surface area (Å²) in [6.07, 6.45) is 5.18. The minimum absolute atomic E-state index is 0.646. The van der Waals surface area contributed by atoms with Crippen molar-refractivity contribution in [2.24, 2.45) is 0 Å². The first-order chi connectivity index (χ1) is 7.34. The highest BCUT2D eigenvalue weighted by Crippen LogP contribution is 2.19. The van der Waals surface area contributed by atoms with E-state index >= 15 is 0 Å². The van der Waals surface area contributed by atoms with Crippen molar-refractivity contribution in [1.82, 2.24) is 15.5 Å². The average molecular weight is 227 g/mol. The molecule has 0 atom stereocenters. The van der Waals surface area contributed by atoms with Crippen LogP contribution in [-0.4, -0.2) is 28.5 Å². The number of aromatic nitrogens is 2. The predicted molar refractivity (Wildman–Crippen MR) is 60.0 cm³/mol. The summed E-state index contributed by atoms with van der Waals surface area (Å²) in [5.41, 5.74) is 0. The predicted octanol–water partition coefficient (Wildman–Crippen LogP) is 2.00. The molecular weight excluding hydrogens is 210 g/mol. The Balaban J connectivity index is 1.47. The summed E-state index contributed by atoms with van der Waals surface area (Å²) in [6.45, 7) is 2.96. The third-order valence-electron chi connectivity index (χ3n) is 2.31. The maximum Gasteiger partial charge on any atom is 0.276 e. The highest BCUT2D eigenvalue weighted by Gasteiger charge is 2.19. The molecule has 84 valence electrons. The minimum Gasteiger partial charge on any atom is -0.416 e. The quantitative estimate of drug-likeness (QED) is 0.570. The largest absolute Gasteiger partial charge is 0.416 e. The van der Waals surface area contributed by atoms with Crippen LogP contribution in [0.15, 0.2) is 9.64 Å². The maximum atomic E-state index is 5.26. The normalized spacial score (nSPS) is 15.8. The molecule has 15 heavy (non-hydrogen) atoms. The van der Waals surface area contributed by atoms with Crippen LogP contribution in [0, 0.1) is 6.92 Å². The van der Waals surface area contributed by atoms with E-state index in [1.54, 1.807) is 11.8 Å². The molecule has 0 bridgehead atoms. The van der Waals surface area contributed by atoms with E-state index in [1.165, 1.54) is 25.7 Å². The maximum absolute atomic E-state index is 5.26. The zero-order valence-corrected chi connectivity index (χ0v) is 9.85. The van der Waals surface area contributed by atoms with Gasteiger partial charge in [-0.3, -0.25) is 0 Å². The fraction of sp³-hybridized carbons (Fsp3) is 0.800. The lowest BCUT2D eigenvalue weighted by atomic mass is 10.3. The van der Waals surface area contributed by atoms with Crippen LogP contribution in [0.2, 0.25) is 0 Å². The first-order valence-corrected chi connectivity index (χ1v) is 6.49. The van der Waals surface area contributed by atoms with Gasteiger partial charge in [0.05, 0.1) is 0 Å². The Labute approximate surface area is 94.2 Å². The molecule has 1 aromatic rings. The summed E-state index contributed by atoms with van der Waals surface area (Å²) >= 11 is 1.65. The summed E-state index contributed by atoms with van der Waals surface area (Å²) in [4.78, 5) is 0. The molecule has 1 aromatic heterocycles. The van der Waals surface area contributed by atoms with Gasteiger partial charge in [0.1, 0.15) is 0 Å². The number of aryl methyl sites for hydroxylation is 1. The second-order valence-electron chi connectivity index (χ2n) is 3.87. The van der Waals surface area contributed by atoms with Gasteiger partial charge in [-0.05, 0) is 32.2 Å². The number of hydrogen-bond donors (Lipinski definition) is 1. The van der Waals surface area contributed by atoms with Crippen LogP contribution in [0.3, 0.4) is 0 Å². The molecule has 1 heterocycles. The average Bonchev–Trinajstić information content (AvgIpc) is 2.95. The zero-order valence-electron chi connectivity index (χ0n) is 9.03. The molecule has 1 N–H and O–H groups in total. The van der Waals surface area contributed by atoms with E-state index in [0.29, 0.717) is 11.1 Å². The standard InChI is InChI=1S/C10H17N3OS/c1-8-12-13-10(14-8)15-7-3-2-6-11-9-4-5-9/h9,11H,2-7H2,1H3. The van der Waals surface area contributed by atoms with Gasteiger partial charge in [-0.2, -0.15) is 0 Å². The Morgan fingerprint density at radius 1 is 1.40 bits per heavy atom. The van der Waals surface area contributed by atoms with Crippen LogP contribution in [0.25, 0.3) is 0 Å². The van der Waals surface area contributed by atoms with Crippen molar-refractivity contribution in [2.45, 2.75) is 43.9 Å². The lowest BCUT2D eigenvalue weighted by molar-refractivity contribution is 0.429. The molecule has 2 rings (SSSR count). The monoisotopic (exact) mass is 227 g/mol. The Morgan fingerprint density at radius 2 is 2.27 bits per heavy atom. The zero-order chi connectivity index (χ0) is 10.5. The minimum atomic E-state index is 0.646. The van der Waals surface area contributed by atoms with Gasteiger partial charge in [0.2, 0.25) is 5.89 Å². The first-order valence-electron chi connectivity index (χ1n) is 5.51. The third kappa shape index (κ3) is 4.22. The van der Waals surface area contributed by atoms with Crippen molar-refractivity contribution in [1.29, 1.82) is 0 Å². The Kier molecular flexibility index (Phi) is 4.02. The van der Waals surface area contributed by atoms with Gasteiger partial charge in [-0.25, -0.2) is 0 Å². The van der Waals surface area contributed by atoms with E-state index < -0.39 is 0 Å². The lowest BCUT2D eigenvalue weighted by Gasteiger charge is -2.00. The number of nitrogens with zero attached hydrogens (tertiary/aromatic N) is 2. The van der Waals surface area contributed by atoms with E-state index in [1.807, 2.05) is 6.92 Å². The second kappa shape index (κ2) is 5.51. The molecule has 4 nitrogen and oxygen atoms in total. The molecule has 0 unspecified atom stereocenters. The van der Waals surface area contributed by atoms with Crippen molar-refractivity contribution in [3.63, 3.8) is 0 Å². The SMILES string of the molecule is Cc1nnc(SCCCCNC2CC2)o1. The fourth-order valence-electron chi connectivity index (χ4n) is 1.32. The summed E-state index contributed by atoms with van der Waals surface area (Å²) < 4.78 is 5.26. The van der Waals surface area contributed by atoms with Crippen molar-refractivity contribution in [2.75, 3.05) is 12.3 Å². The number of unbranched alkanes of at least 4 members (excludes halogenated alkanes) is 1. The molecule has 0 saturated heterocycles. The summed E-state index contributed by atoms with van der Waals surface area (Å²) in [5, 5.41) is 11.9. The number of rotatable bonds is 7. The van der Waals surface area contributed by atoms with Gasteiger partial charge in [-0.1, -0.05) is 11.8 Å². The Morgan fingerprint density at radius 3 is 2.93 bits per heavy atom. The van der Waals surface area contributed by atoms with E-state index in [9.17, 15) is 0 Å². The van der Waals surface area contributed by atoms with Gasteiger partial charge < -0.3 is 9.73 Å². The molecule has 1 aliphatic carbocycles. The van der Waals surface area contributed by atoms with Gasteiger partial charge >= 0.3 is 0 Å². The summed E-state index contributed by atoms with van der Waals surface area (Å²) in [6, 6.07) is 0.830. The van der Waals surface area contributed by atoms with Gasteiger partial charge in [0, 0.05) is 18.7 Å². The van der Waals surface area contributed by atoms with Crippen molar-refractivity contribution >= 4 is 11.8 Å². The molecule has 0 radical (unpaired) electrons. The number of thioether (sulfide) groups is 1. The number of hydrogen-bond acceptors (Lipinski definition) is 5. The highest BCUT2D eigenvalue weighted by atomic mass is 32.2. The fourth-order valence-corrected chi connectivity index (χ4v) is 2.12. The van der Waals surface area contributed by atoms with Crippen molar-refractivity contribution < 1.29 is 4.42 Å². The molecular formula is C10H17N3OS. The van der Waals surface area contributed by atoms with Crippen LogP contribution in [0.4, 0.5) is 0 Å². The summed E-state index contributed by atoms with van der Waals surface area (Å²) in [7, 11) is 0. The molecule has 0 spiro atoms. The van der Waals surface area contributed by atoms with Crippen LogP contribution in [-0.2, 0) is 0 Å². The van der Waals surface area contributed by atoms with Gasteiger partial charge in [-0.15, -0.1) is 10.2 Å². The van der Waals surface area contributed by atoms with Crippen molar-refractivity contribution in [3.05, 3.63) is 5.89 Å². The van der Waals surface area contributed by atoms with E-state index in [2.05, 4.69) is 15.5 Å². The van der Waals surface area contributed by atoms with Crippen LogP contribution < -0.4 is 5.32 Å². The number of nitrogens with one attached hydrogen (secondary N) is 1. The molecule has 1 fully saturated rings. The first kappa shape index (κ1) is 11.0. The van der Waals surface area contributed by atoms with Crippen LogP contribution in [0.1, 0.15) is 31.6 Å². The molecule has 0 amide bonds. The topological polar surface area (TPSA) is 51.0 Å². The van der Waals surface area contributed by atoms with E-state index in [0.717, 1.165) is 18.3 Å². The molecule has 1 aliphatic rings. The lowest BCUT2D eigenvalue weighted by Crippen LogP contribution is -2.17. The van der Waals surface area contributed by atoms with Crippen LogP contribution >= 0.6 is 11.8 Å². The molecule has 5 heteroatoms. The third-order valence-corrected chi connectivity index (χ3v) is 3.22. The van der Waals surface area contributed by atoms with E-state index in [-0.39, 0.29) is 0 Å². The van der Waals surface area contributed by atoms with Crippen molar-refractivity contribution in [3.8, 4) is 0 Å². The summed E-state index contributed by atoms with van der Waals surface area (Å²) in [5.74, 6) is 1.71. The molecule has 0 aliphatic heterocycles. The smallest absolute Gasteiger partial charge is 0.276 e. The van der Waals surface area contributed by atoms with E-state index in [4.69, 9.17) is 4.42 Å². The Bertz CT molecular complexity index is 299. The highest BCUT2D eigenvalue weighted by molar-refractivity contribution is 7.99. The van der Waals surface area contributed by atoms with Crippen LogP contribution in [0.5, 0.6) is 0 Å². The Hall–Kier alpha value is -0.550. The van der Waals surface area contributed by atoms with Gasteiger partial charge in [0.25, 0.3) is 5.22 Å².